The Morgan fingerprint density at radius 1 is 1.17 bits per heavy atom. The molecule has 0 spiro atoms. The third-order valence-corrected chi connectivity index (χ3v) is 4.23. The van der Waals surface area contributed by atoms with Crippen molar-refractivity contribution in [1.29, 1.82) is 0 Å². The zero-order valence-electron chi connectivity index (χ0n) is 13.1. The number of anilines is 1. The topological polar surface area (TPSA) is 90.5 Å². The Bertz CT molecular complexity index is 544. The molecule has 1 aromatic rings. The summed E-state index contributed by atoms with van der Waals surface area (Å²) in [5.74, 6) is 0.614. The maximum atomic E-state index is 12.4. The number of amides is 3. The largest absolute Gasteiger partial charge is 0.354 e. The Balaban J connectivity index is 1.51. The van der Waals surface area contributed by atoms with Gasteiger partial charge in [-0.15, -0.1) is 0 Å². The minimum atomic E-state index is -0.416. The molecule has 0 aliphatic carbocycles. The summed E-state index contributed by atoms with van der Waals surface area (Å²) in [5.41, 5.74) is 0. The van der Waals surface area contributed by atoms with Crippen molar-refractivity contribution >= 4 is 17.9 Å². The van der Waals surface area contributed by atoms with Gasteiger partial charge in [-0.25, -0.2) is 14.8 Å². The van der Waals surface area contributed by atoms with E-state index in [-0.39, 0.29) is 11.9 Å². The summed E-state index contributed by atoms with van der Waals surface area (Å²) >= 11 is 0. The number of piperazine rings is 1. The van der Waals surface area contributed by atoms with Gasteiger partial charge < -0.3 is 20.4 Å². The SMILES string of the molecule is O=C1NCCCC[C@@H]1NC(=O)N1CCN(c2ncccn2)CC1. The van der Waals surface area contributed by atoms with Crippen molar-refractivity contribution in [1.82, 2.24) is 25.5 Å². The van der Waals surface area contributed by atoms with Crippen LogP contribution in [0.3, 0.4) is 0 Å². The Labute approximate surface area is 135 Å². The molecule has 3 rings (SSSR count). The first-order valence-corrected chi connectivity index (χ1v) is 8.09. The van der Waals surface area contributed by atoms with E-state index in [9.17, 15) is 9.59 Å². The number of hydrogen-bond acceptors (Lipinski definition) is 5. The lowest BCUT2D eigenvalue weighted by molar-refractivity contribution is -0.122. The van der Waals surface area contributed by atoms with Gasteiger partial charge in [0.1, 0.15) is 6.04 Å². The molecule has 3 heterocycles. The van der Waals surface area contributed by atoms with Crippen LogP contribution in [0, 0.1) is 0 Å². The van der Waals surface area contributed by atoms with E-state index in [0.717, 1.165) is 12.8 Å². The van der Waals surface area contributed by atoms with Gasteiger partial charge in [-0.05, 0) is 25.3 Å². The van der Waals surface area contributed by atoms with Gasteiger partial charge in [0.2, 0.25) is 11.9 Å². The summed E-state index contributed by atoms with van der Waals surface area (Å²) in [6, 6.07) is 1.20. The first-order valence-electron chi connectivity index (χ1n) is 8.09. The Kier molecular flexibility index (Phi) is 4.89. The van der Waals surface area contributed by atoms with E-state index in [2.05, 4.69) is 25.5 Å². The zero-order valence-corrected chi connectivity index (χ0v) is 13.1. The fourth-order valence-corrected chi connectivity index (χ4v) is 2.88. The van der Waals surface area contributed by atoms with Crippen LogP contribution in [0.1, 0.15) is 19.3 Å². The highest BCUT2D eigenvalue weighted by atomic mass is 16.2. The van der Waals surface area contributed by atoms with E-state index in [1.807, 2.05) is 0 Å². The van der Waals surface area contributed by atoms with Crippen molar-refractivity contribution in [3.63, 3.8) is 0 Å². The summed E-state index contributed by atoms with van der Waals surface area (Å²) in [4.78, 5) is 36.5. The molecule has 23 heavy (non-hydrogen) atoms. The Morgan fingerprint density at radius 2 is 1.91 bits per heavy atom. The minimum Gasteiger partial charge on any atom is -0.354 e. The average Bonchev–Trinajstić information content (AvgIpc) is 2.80. The Hall–Kier alpha value is -2.38. The van der Waals surface area contributed by atoms with Gasteiger partial charge in [-0.2, -0.15) is 0 Å². The maximum Gasteiger partial charge on any atom is 0.318 e. The van der Waals surface area contributed by atoms with Gasteiger partial charge in [0.05, 0.1) is 0 Å². The molecule has 8 heteroatoms. The number of carbonyl (C=O) groups excluding carboxylic acids is 2. The third kappa shape index (κ3) is 3.88. The van der Waals surface area contributed by atoms with Crippen LogP contribution in [-0.2, 0) is 4.79 Å². The number of urea groups is 1. The van der Waals surface area contributed by atoms with Gasteiger partial charge in [-0.3, -0.25) is 4.79 Å². The van der Waals surface area contributed by atoms with E-state index in [4.69, 9.17) is 0 Å². The van der Waals surface area contributed by atoms with Crippen LogP contribution in [-0.4, -0.2) is 65.6 Å². The molecule has 3 amide bonds. The maximum absolute atomic E-state index is 12.4. The summed E-state index contributed by atoms with van der Waals surface area (Å²) in [7, 11) is 0. The van der Waals surface area contributed by atoms with E-state index >= 15 is 0 Å². The highest BCUT2D eigenvalue weighted by Gasteiger charge is 2.27. The monoisotopic (exact) mass is 318 g/mol. The van der Waals surface area contributed by atoms with Gasteiger partial charge in [0.15, 0.2) is 0 Å². The van der Waals surface area contributed by atoms with Crippen molar-refractivity contribution in [3.05, 3.63) is 18.5 Å². The molecule has 2 aliphatic rings. The molecule has 0 unspecified atom stereocenters. The van der Waals surface area contributed by atoms with E-state index in [1.54, 1.807) is 23.4 Å². The number of nitrogens with one attached hydrogen (secondary N) is 2. The molecule has 0 bridgehead atoms. The molecular weight excluding hydrogens is 296 g/mol. The van der Waals surface area contributed by atoms with Crippen molar-refractivity contribution in [3.8, 4) is 0 Å². The van der Waals surface area contributed by atoms with E-state index < -0.39 is 6.04 Å². The van der Waals surface area contributed by atoms with Crippen molar-refractivity contribution in [2.75, 3.05) is 37.6 Å². The van der Waals surface area contributed by atoms with Crippen LogP contribution in [0.4, 0.5) is 10.7 Å². The molecule has 1 atom stereocenters. The molecule has 2 N–H and O–H groups in total. The molecule has 0 radical (unpaired) electrons. The summed E-state index contributed by atoms with van der Waals surface area (Å²) < 4.78 is 0. The Morgan fingerprint density at radius 3 is 2.65 bits per heavy atom. The fraction of sp³-hybridized carbons (Fsp3) is 0.600. The number of nitrogens with zero attached hydrogens (tertiary/aromatic N) is 4. The highest BCUT2D eigenvalue weighted by molar-refractivity contribution is 5.87. The van der Waals surface area contributed by atoms with Crippen molar-refractivity contribution in [2.45, 2.75) is 25.3 Å². The number of carbonyl (C=O) groups is 2. The van der Waals surface area contributed by atoms with E-state index in [0.29, 0.717) is 45.1 Å². The van der Waals surface area contributed by atoms with Crippen LogP contribution in [0.2, 0.25) is 0 Å². The quantitative estimate of drug-likeness (QED) is 0.799. The standard InChI is InChI=1S/C15H22N6O2/c22-13-12(4-1-2-5-16-13)19-15(23)21-10-8-20(9-11-21)14-17-6-3-7-18-14/h3,6-7,12H,1-2,4-5,8-11H2,(H,16,22)(H,19,23)/t12-/m0/s1. The van der Waals surface area contributed by atoms with Crippen LogP contribution in [0.5, 0.6) is 0 Å². The zero-order chi connectivity index (χ0) is 16.1. The highest BCUT2D eigenvalue weighted by Crippen LogP contribution is 2.11. The fourth-order valence-electron chi connectivity index (χ4n) is 2.88. The van der Waals surface area contributed by atoms with Crippen LogP contribution < -0.4 is 15.5 Å². The first-order chi connectivity index (χ1) is 11.2. The molecule has 2 fully saturated rings. The third-order valence-electron chi connectivity index (χ3n) is 4.23. The van der Waals surface area contributed by atoms with Gasteiger partial charge in [-0.1, -0.05) is 0 Å². The average molecular weight is 318 g/mol. The predicted octanol–water partition coefficient (Wildman–Crippen LogP) is -0.0231. The summed E-state index contributed by atoms with van der Waals surface area (Å²) in [6.45, 7) is 3.26. The molecular formula is C15H22N6O2. The molecule has 2 saturated heterocycles. The minimum absolute atomic E-state index is 0.0767. The van der Waals surface area contributed by atoms with Crippen molar-refractivity contribution < 1.29 is 9.59 Å². The second kappa shape index (κ2) is 7.26. The molecule has 0 saturated carbocycles. The van der Waals surface area contributed by atoms with Crippen molar-refractivity contribution in [2.24, 2.45) is 0 Å². The van der Waals surface area contributed by atoms with Crippen LogP contribution >= 0.6 is 0 Å². The lowest BCUT2D eigenvalue weighted by Gasteiger charge is -2.35. The number of rotatable bonds is 2. The molecule has 0 aromatic carbocycles. The molecule has 8 nitrogen and oxygen atoms in total. The molecule has 2 aliphatic heterocycles. The van der Waals surface area contributed by atoms with Gasteiger partial charge in [0.25, 0.3) is 0 Å². The van der Waals surface area contributed by atoms with Gasteiger partial charge >= 0.3 is 6.03 Å². The van der Waals surface area contributed by atoms with E-state index in [1.165, 1.54) is 0 Å². The van der Waals surface area contributed by atoms with Gasteiger partial charge in [0, 0.05) is 45.1 Å². The second-order valence-electron chi connectivity index (χ2n) is 5.81. The summed E-state index contributed by atoms with van der Waals surface area (Å²) in [5, 5.41) is 5.69. The smallest absolute Gasteiger partial charge is 0.318 e. The summed E-state index contributed by atoms with van der Waals surface area (Å²) in [6.07, 6.45) is 6.05. The normalized spacial score (nSPS) is 22.3. The molecule has 124 valence electrons. The predicted molar refractivity (Wildman–Crippen MR) is 85.0 cm³/mol. The first kappa shape index (κ1) is 15.5. The van der Waals surface area contributed by atoms with Crippen LogP contribution in [0.15, 0.2) is 18.5 Å². The lowest BCUT2D eigenvalue weighted by atomic mass is 10.1. The molecule has 1 aromatic heterocycles. The lowest BCUT2D eigenvalue weighted by Crippen LogP contribution is -2.55. The van der Waals surface area contributed by atoms with Crippen LogP contribution in [0.25, 0.3) is 0 Å². The second-order valence-corrected chi connectivity index (χ2v) is 5.81. The number of aromatic nitrogens is 2. The number of hydrogen-bond donors (Lipinski definition) is 2.